The summed E-state index contributed by atoms with van der Waals surface area (Å²) < 4.78 is 4.39. The Bertz CT molecular complexity index is 1910. The van der Waals surface area contributed by atoms with Crippen LogP contribution >= 0.6 is 0 Å². The lowest BCUT2D eigenvalue weighted by Gasteiger charge is -2.25. The van der Waals surface area contributed by atoms with Crippen molar-refractivity contribution in [2.75, 3.05) is 5.73 Å². The fourth-order valence-corrected chi connectivity index (χ4v) is 6.04. The van der Waals surface area contributed by atoms with Crippen molar-refractivity contribution in [3.63, 3.8) is 0 Å². The zero-order chi connectivity index (χ0) is 30.2. The van der Waals surface area contributed by atoms with Crippen LogP contribution in [0.4, 0.5) is 5.82 Å². The predicted octanol–water partition coefficient (Wildman–Crippen LogP) is 4.28. The summed E-state index contributed by atoms with van der Waals surface area (Å²) in [5.41, 5.74) is 16.2. The number of nitrogens with two attached hydrogens (primary N) is 2. The Balaban J connectivity index is 1.32. The van der Waals surface area contributed by atoms with Gasteiger partial charge in [0.2, 0.25) is 0 Å². The van der Waals surface area contributed by atoms with Crippen LogP contribution in [0.25, 0.3) is 22.3 Å². The minimum Gasteiger partial charge on any atom is -0.382 e. The van der Waals surface area contributed by atoms with Crippen molar-refractivity contribution in [2.24, 2.45) is 5.73 Å². The smallest absolute Gasteiger partial charge is 0.335 e. The first-order valence-corrected chi connectivity index (χ1v) is 14.7. The highest BCUT2D eigenvalue weighted by atomic mass is 16.2. The fraction of sp³-hybridized carbons (Fsp3) is 0.303. The maximum absolute atomic E-state index is 13.5. The first-order chi connectivity index (χ1) is 20.7. The van der Waals surface area contributed by atoms with E-state index >= 15 is 0 Å². The maximum atomic E-state index is 13.5. The van der Waals surface area contributed by atoms with Crippen LogP contribution in [0.2, 0.25) is 0 Å². The van der Waals surface area contributed by atoms with Crippen molar-refractivity contribution in [2.45, 2.75) is 64.0 Å². The van der Waals surface area contributed by atoms with E-state index in [2.05, 4.69) is 16.1 Å². The van der Waals surface area contributed by atoms with Gasteiger partial charge < -0.3 is 11.5 Å². The first-order valence-electron chi connectivity index (χ1n) is 14.7. The van der Waals surface area contributed by atoms with Gasteiger partial charge in [-0.3, -0.25) is 14.2 Å². The molecule has 0 saturated heterocycles. The average Bonchev–Trinajstić information content (AvgIpc) is 3.39. The van der Waals surface area contributed by atoms with E-state index in [1.54, 1.807) is 30.3 Å². The number of carbonyl (C=O) groups excluding carboxylic acids is 1. The van der Waals surface area contributed by atoms with Crippen molar-refractivity contribution in [1.82, 2.24) is 23.7 Å². The largest absolute Gasteiger partial charge is 0.382 e. The molecule has 0 radical (unpaired) electrons. The summed E-state index contributed by atoms with van der Waals surface area (Å²) in [4.78, 5) is 44.3. The zero-order valence-corrected chi connectivity index (χ0v) is 24.3. The number of Topliss-reactive ketones (excluding diaryl/α,β-unsaturated/α-hetero) is 1. The Kier molecular flexibility index (Phi) is 7.53. The molecular weight excluding hydrogens is 542 g/mol. The Hall–Kier alpha value is -4.83. The molecule has 0 spiro atoms. The van der Waals surface area contributed by atoms with Crippen molar-refractivity contribution >= 4 is 17.1 Å². The van der Waals surface area contributed by atoms with Crippen molar-refractivity contribution in [1.29, 1.82) is 0 Å². The first kappa shape index (κ1) is 28.3. The molecule has 2 aromatic carbocycles. The van der Waals surface area contributed by atoms with Gasteiger partial charge in [-0.15, -0.1) is 0 Å². The number of aromatic nitrogens is 5. The molecule has 43 heavy (non-hydrogen) atoms. The Morgan fingerprint density at radius 1 is 1.00 bits per heavy atom. The second kappa shape index (κ2) is 11.4. The van der Waals surface area contributed by atoms with Gasteiger partial charge in [-0.25, -0.2) is 18.9 Å². The van der Waals surface area contributed by atoms with Crippen LogP contribution in [-0.2, 0) is 6.42 Å². The van der Waals surface area contributed by atoms with E-state index in [0.29, 0.717) is 17.4 Å². The van der Waals surface area contributed by atoms with Gasteiger partial charge in [0.05, 0.1) is 5.69 Å². The molecule has 0 atom stereocenters. The third-order valence-electron chi connectivity index (χ3n) is 8.41. The molecule has 10 nitrogen and oxygen atoms in total. The number of anilines is 1. The van der Waals surface area contributed by atoms with Crippen molar-refractivity contribution in [3.8, 4) is 16.8 Å². The van der Waals surface area contributed by atoms with Crippen LogP contribution in [0.1, 0.15) is 73.1 Å². The summed E-state index contributed by atoms with van der Waals surface area (Å²) in [5.74, 6) is 0.376. The molecule has 1 aliphatic carbocycles. The van der Waals surface area contributed by atoms with Gasteiger partial charge in [0.1, 0.15) is 17.4 Å². The van der Waals surface area contributed by atoms with Gasteiger partial charge in [-0.1, -0.05) is 42.5 Å². The van der Waals surface area contributed by atoms with Crippen molar-refractivity contribution in [3.05, 3.63) is 111 Å². The quantitative estimate of drug-likeness (QED) is 0.275. The predicted molar refractivity (Wildman–Crippen MR) is 167 cm³/mol. The number of rotatable bonds is 7. The summed E-state index contributed by atoms with van der Waals surface area (Å²) >= 11 is 0. The SMILES string of the molecule is CC(C)n1cc(C(=O)Cc2ccc(-c3cc(C4CCC(N)CC4)n4ncnc(N)c34)cc2)c(=O)n(-c2ccccc2)c1=O. The molecule has 0 bridgehead atoms. The Labute approximate surface area is 248 Å². The third kappa shape index (κ3) is 5.30. The molecular formula is C33H35N7O3. The minimum atomic E-state index is -0.623. The minimum absolute atomic E-state index is 0.00987. The summed E-state index contributed by atoms with van der Waals surface area (Å²) in [6, 6.07) is 18.5. The Morgan fingerprint density at radius 3 is 2.37 bits per heavy atom. The van der Waals surface area contributed by atoms with Gasteiger partial charge in [0.15, 0.2) is 11.6 Å². The lowest BCUT2D eigenvalue weighted by atomic mass is 9.84. The van der Waals surface area contributed by atoms with E-state index in [1.807, 2.05) is 42.6 Å². The molecule has 3 heterocycles. The summed E-state index contributed by atoms with van der Waals surface area (Å²) in [6.45, 7) is 3.68. The number of fused-ring (bicyclic) bond motifs is 1. The Morgan fingerprint density at radius 2 is 1.70 bits per heavy atom. The molecule has 0 aliphatic heterocycles. The van der Waals surface area contributed by atoms with E-state index in [1.165, 1.54) is 17.1 Å². The van der Waals surface area contributed by atoms with E-state index in [-0.39, 0.29) is 29.9 Å². The molecule has 0 amide bonds. The summed E-state index contributed by atoms with van der Waals surface area (Å²) in [5, 5.41) is 4.53. The van der Waals surface area contributed by atoms with Gasteiger partial charge in [-0.2, -0.15) is 5.10 Å². The van der Waals surface area contributed by atoms with E-state index < -0.39 is 11.2 Å². The van der Waals surface area contributed by atoms with Crippen LogP contribution in [0, 0.1) is 0 Å². The molecule has 1 fully saturated rings. The highest BCUT2D eigenvalue weighted by Crippen LogP contribution is 2.38. The lowest BCUT2D eigenvalue weighted by Crippen LogP contribution is -2.42. The van der Waals surface area contributed by atoms with Crippen LogP contribution in [0.15, 0.2) is 82.8 Å². The number of para-hydroxylation sites is 1. The monoisotopic (exact) mass is 577 g/mol. The molecule has 6 rings (SSSR count). The van der Waals surface area contributed by atoms with E-state index in [0.717, 1.165) is 58.2 Å². The normalized spacial score (nSPS) is 17.0. The molecule has 220 valence electrons. The van der Waals surface area contributed by atoms with Crippen LogP contribution < -0.4 is 22.7 Å². The standard InChI is InChI=1S/C33H35N7O3/c1-20(2)38-18-27(32(42)39(33(38)43)25-6-4-3-5-7-25)29(41)16-21-8-10-22(11-9-21)26-17-28(23-12-14-24(34)15-13-23)40-30(26)31(35)36-19-37-40/h3-11,17-20,23-24H,12-16,34H2,1-2H3,(H2,35,36,37). The summed E-state index contributed by atoms with van der Waals surface area (Å²) in [6.07, 6.45) is 6.81. The number of nitrogen functional groups attached to an aromatic ring is 1. The van der Waals surface area contributed by atoms with Gasteiger partial charge in [0, 0.05) is 41.9 Å². The number of carbonyl (C=O) groups is 1. The summed E-state index contributed by atoms with van der Waals surface area (Å²) in [7, 11) is 0. The molecule has 0 unspecified atom stereocenters. The highest BCUT2D eigenvalue weighted by Gasteiger charge is 2.26. The maximum Gasteiger partial charge on any atom is 0.335 e. The van der Waals surface area contributed by atoms with Crippen LogP contribution in [0.5, 0.6) is 0 Å². The van der Waals surface area contributed by atoms with Crippen molar-refractivity contribution < 1.29 is 4.79 Å². The molecule has 10 heteroatoms. The second-order valence-corrected chi connectivity index (χ2v) is 11.6. The van der Waals surface area contributed by atoms with Gasteiger partial charge in [0.25, 0.3) is 5.56 Å². The number of ketones is 1. The number of nitrogens with zero attached hydrogens (tertiary/aromatic N) is 5. The van der Waals surface area contributed by atoms with Crippen LogP contribution in [-0.4, -0.2) is 35.6 Å². The fourth-order valence-electron chi connectivity index (χ4n) is 6.04. The molecule has 3 aromatic heterocycles. The van der Waals surface area contributed by atoms with E-state index in [9.17, 15) is 14.4 Å². The van der Waals surface area contributed by atoms with E-state index in [4.69, 9.17) is 11.5 Å². The number of benzene rings is 2. The molecule has 1 saturated carbocycles. The van der Waals surface area contributed by atoms with Crippen LogP contribution in [0.3, 0.4) is 0 Å². The number of hydrogen-bond acceptors (Lipinski definition) is 7. The second-order valence-electron chi connectivity index (χ2n) is 11.6. The highest BCUT2D eigenvalue weighted by molar-refractivity contribution is 5.97. The van der Waals surface area contributed by atoms with Gasteiger partial charge >= 0.3 is 5.69 Å². The number of hydrogen-bond donors (Lipinski definition) is 2. The third-order valence-corrected chi connectivity index (χ3v) is 8.41. The average molecular weight is 578 g/mol. The lowest BCUT2D eigenvalue weighted by molar-refractivity contribution is 0.0990. The molecule has 1 aliphatic rings. The molecule has 5 aromatic rings. The molecule has 4 N–H and O–H groups in total. The van der Waals surface area contributed by atoms with Gasteiger partial charge in [-0.05, 0) is 68.9 Å². The topological polar surface area (TPSA) is 143 Å². The zero-order valence-electron chi connectivity index (χ0n) is 24.3.